The van der Waals surface area contributed by atoms with E-state index in [1.807, 2.05) is 13.8 Å². The lowest BCUT2D eigenvalue weighted by atomic mass is 10.3. The lowest BCUT2D eigenvalue weighted by Crippen LogP contribution is -2.48. The molecule has 1 aliphatic rings. The molecule has 1 fully saturated rings. The molecule has 7 heteroatoms. The molecule has 0 radical (unpaired) electrons. The van der Waals surface area contributed by atoms with Gasteiger partial charge in [0.15, 0.2) is 0 Å². The van der Waals surface area contributed by atoms with Gasteiger partial charge in [0, 0.05) is 24.7 Å². The molecular formula is C10H20ClN3O2S. The van der Waals surface area contributed by atoms with Crippen LogP contribution in [0.15, 0.2) is 0 Å². The predicted molar refractivity (Wildman–Crippen MR) is 72.4 cm³/mol. The molecule has 1 aliphatic heterocycles. The fraction of sp³-hybridized carbons (Fsp3) is 0.800. The number of nitrogens with zero attached hydrogens (tertiary/aromatic N) is 1. The molecule has 1 saturated heterocycles. The van der Waals surface area contributed by atoms with Gasteiger partial charge in [0.05, 0.1) is 12.6 Å². The Morgan fingerprint density at radius 1 is 1.47 bits per heavy atom. The van der Waals surface area contributed by atoms with Crippen molar-refractivity contribution in [3.63, 3.8) is 0 Å². The molecule has 0 spiro atoms. The maximum atomic E-state index is 12.0. The second-order valence-electron chi connectivity index (χ2n) is 3.58. The Bertz CT molecular complexity index is 260. The molecular weight excluding hydrogens is 262 g/mol. The smallest absolute Gasteiger partial charge is 0.241 e. The van der Waals surface area contributed by atoms with Crippen molar-refractivity contribution in [1.29, 1.82) is 0 Å². The summed E-state index contributed by atoms with van der Waals surface area (Å²) in [5.41, 5.74) is 0. The van der Waals surface area contributed by atoms with E-state index in [0.29, 0.717) is 13.1 Å². The highest BCUT2D eigenvalue weighted by Gasteiger charge is 2.27. The number of hydrogen-bond donors (Lipinski definition) is 2. The highest BCUT2D eigenvalue weighted by Crippen LogP contribution is 2.11. The zero-order valence-electron chi connectivity index (χ0n) is 10.2. The summed E-state index contributed by atoms with van der Waals surface area (Å²) in [6.45, 7) is 5.08. The molecule has 0 aromatic heterocycles. The van der Waals surface area contributed by atoms with E-state index in [2.05, 4.69) is 10.6 Å². The lowest BCUT2D eigenvalue weighted by Gasteiger charge is -2.23. The summed E-state index contributed by atoms with van der Waals surface area (Å²) in [6, 6.07) is -0.126. The third kappa shape index (κ3) is 5.14. The van der Waals surface area contributed by atoms with E-state index in [-0.39, 0.29) is 36.8 Å². The maximum Gasteiger partial charge on any atom is 0.241 e. The van der Waals surface area contributed by atoms with Crippen LogP contribution in [-0.4, -0.2) is 54.0 Å². The Labute approximate surface area is 112 Å². The van der Waals surface area contributed by atoms with Crippen molar-refractivity contribution in [2.24, 2.45) is 0 Å². The highest BCUT2D eigenvalue weighted by atomic mass is 35.5. The molecule has 0 aromatic rings. The molecule has 17 heavy (non-hydrogen) atoms. The fourth-order valence-electron chi connectivity index (χ4n) is 1.55. The standard InChI is InChI=1S/C10H19N3O2S.ClH/c1-3-11-9(14)5-13(4-2)10(15)8-6-16-7-12-8;/h8,12H,3-7H2,1-2H3,(H,11,14);1H. The second kappa shape index (κ2) is 8.60. The molecule has 0 saturated carbocycles. The zero-order valence-corrected chi connectivity index (χ0v) is 11.8. The van der Waals surface area contributed by atoms with Crippen molar-refractivity contribution in [2.75, 3.05) is 31.3 Å². The summed E-state index contributed by atoms with van der Waals surface area (Å²) in [5, 5.41) is 5.81. The van der Waals surface area contributed by atoms with E-state index >= 15 is 0 Å². The van der Waals surface area contributed by atoms with Crippen molar-refractivity contribution < 1.29 is 9.59 Å². The molecule has 1 unspecified atom stereocenters. The summed E-state index contributed by atoms with van der Waals surface area (Å²) < 4.78 is 0. The average molecular weight is 282 g/mol. The van der Waals surface area contributed by atoms with Crippen LogP contribution in [0.4, 0.5) is 0 Å². The molecule has 5 nitrogen and oxygen atoms in total. The van der Waals surface area contributed by atoms with Crippen LogP contribution in [0.5, 0.6) is 0 Å². The molecule has 2 amide bonds. The molecule has 0 aliphatic carbocycles. The van der Waals surface area contributed by atoms with Gasteiger partial charge in [-0.1, -0.05) is 0 Å². The van der Waals surface area contributed by atoms with E-state index in [1.54, 1.807) is 16.7 Å². The largest absolute Gasteiger partial charge is 0.355 e. The first-order valence-corrected chi connectivity index (χ1v) is 6.71. The third-order valence-electron chi connectivity index (χ3n) is 2.42. The summed E-state index contributed by atoms with van der Waals surface area (Å²) >= 11 is 1.71. The molecule has 0 aromatic carbocycles. The lowest BCUT2D eigenvalue weighted by molar-refractivity contribution is -0.136. The van der Waals surface area contributed by atoms with Gasteiger partial charge in [0.2, 0.25) is 11.8 Å². The molecule has 1 atom stereocenters. The van der Waals surface area contributed by atoms with Crippen LogP contribution >= 0.6 is 24.2 Å². The van der Waals surface area contributed by atoms with Crippen LogP contribution in [0.2, 0.25) is 0 Å². The van der Waals surface area contributed by atoms with Gasteiger partial charge in [0.1, 0.15) is 0 Å². The van der Waals surface area contributed by atoms with E-state index in [1.165, 1.54) is 0 Å². The van der Waals surface area contributed by atoms with Gasteiger partial charge in [-0.3, -0.25) is 14.9 Å². The van der Waals surface area contributed by atoms with E-state index in [0.717, 1.165) is 11.6 Å². The molecule has 1 heterocycles. The van der Waals surface area contributed by atoms with Gasteiger partial charge >= 0.3 is 0 Å². The number of thioether (sulfide) groups is 1. The first kappa shape index (κ1) is 16.5. The van der Waals surface area contributed by atoms with Crippen LogP contribution < -0.4 is 10.6 Å². The van der Waals surface area contributed by atoms with Crippen molar-refractivity contribution in [3.8, 4) is 0 Å². The van der Waals surface area contributed by atoms with Crippen LogP contribution in [0.1, 0.15) is 13.8 Å². The van der Waals surface area contributed by atoms with E-state index in [4.69, 9.17) is 0 Å². The van der Waals surface area contributed by atoms with Crippen molar-refractivity contribution >= 4 is 36.0 Å². The topological polar surface area (TPSA) is 61.4 Å². The summed E-state index contributed by atoms with van der Waals surface area (Å²) in [6.07, 6.45) is 0. The molecule has 1 rings (SSSR count). The first-order valence-electron chi connectivity index (χ1n) is 5.55. The number of likely N-dealkylation sites (N-methyl/N-ethyl adjacent to an activating group) is 2. The quantitative estimate of drug-likeness (QED) is 0.748. The maximum absolute atomic E-state index is 12.0. The number of rotatable bonds is 5. The zero-order chi connectivity index (χ0) is 12.0. The fourth-order valence-corrected chi connectivity index (χ4v) is 2.48. The van der Waals surface area contributed by atoms with Gasteiger partial charge in [-0.25, -0.2) is 0 Å². The summed E-state index contributed by atoms with van der Waals surface area (Å²) in [7, 11) is 0. The SMILES string of the molecule is CCNC(=O)CN(CC)C(=O)C1CSCN1.Cl. The highest BCUT2D eigenvalue weighted by molar-refractivity contribution is 7.99. The van der Waals surface area contributed by atoms with Crippen molar-refractivity contribution in [3.05, 3.63) is 0 Å². The van der Waals surface area contributed by atoms with Gasteiger partial charge in [-0.15, -0.1) is 24.2 Å². The molecule has 100 valence electrons. The summed E-state index contributed by atoms with van der Waals surface area (Å²) in [4.78, 5) is 25.0. The van der Waals surface area contributed by atoms with Gasteiger partial charge < -0.3 is 10.2 Å². The predicted octanol–water partition coefficient (Wildman–Crippen LogP) is 0.0553. The van der Waals surface area contributed by atoms with Crippen LogP contribution in [0.25, 0.3) is 0 Å². The Morgan fingerprint density at radius 2 is 2.18 bits per heavy atom. The second-order valence-corrected chi connectivity index (χ2v) is 4.61. The van der Waals surface area contributed by atoms with Gasteiger partial charge in [-0.05, 0) is 13.8 Å². The Kier molecular flexibility index (Phi) is 8.37. The van der Waals surface area contributed by atoms with Gasteiger partial charge in [-0.2, -0.15) is 0 Å². The van der Waals surface area contributed by atoms with Crippen LogP contribution in [-0.2, 0) is 9.59 Å². The number of carbonyl (C=O) groups is 2. The number of nitrogens with one attached hydrogen (secondary N) is 2. The normalized spacial score (nSPS) is 18.4. The minimum atomic E-state index is -0.126. The van der Waals surface area contributed by atoms with Gasteiger partial charge in [0.25, 0.3) is 0 Å². The number of carbonyl (C=O) groups excluding carboxylic acids is 2. The Hall–Kier alpha value is -0.460. The third-order valence-corrected chi connectivity index (χ3v) is 3.36. The Balaban J connectivity index is 0.00000256. The number of halogens is 1. The van der Waals surface area contributed by atoms with E-state index in [9.17, 15) is 9.59 Å². The van der Waals surface area contributed by atoms with Crippen LogP contribution in [0.3, 0.4) is 0 Å². The average Bonchev–Trinajstić information content (AvgIpc) is 2.78. The van der Waals surface area contributed by atoms with Crippen molar-refractivity contribution in [1.82, 2.24) is 15.5 Å². The van der Waals surface area contributed by atoms with Crippen LogP contribution in [0, 0.1) is 0 Å². The molecule has 0 bridgehead atoms. The number of amides is 2. The number of hydrogen-bond acceptors (Lipinski definition) is 4. The monoisotopic (exact) mass is 281 g/mol. The summed E-state index contributed by atoms with van der Waals surface area (Å²) in [5.74, 6) is 1.54. The van der Waals surface area contributed by atoms with Crippen molar-refractivity contribution in [2.45, 2.75) is 19.9 Å². The molecule has 2 N–H and O–H groups in total. The first-order chi connectivity index (χ1) is 7.69. The minimum absolute atomic E-state index is 0. The minimum Gasteiger partial charge on any atom is -0.355 e. The Morgan fingerprint density at radius 3 is 2.65 bits per heavy atom. The van der Waals surface area contributed by atoms with E-state index < -0.39 is 0 Å².